The number of benzene rings is 1. The van der Waals surface area contributed by atoms with Crippen molar-refractivity contribution in [3.05, 3.63) is 34.3 Å². The predicted octanol–water partition coefficient (Wildman–Crippen LogP) is 3.77. The lowest BCUT2D eigenvalue weighted by Gasteiger charge is -2.52. The van der Waals surface area contributed by atoms with Gasteiger partial charge in [0.1, 0.15) is 0 Å². The first-order valence-electron chi connectivity index (χ1n) is 8.36. The first kappa shape index (κ1) is 14.2. The Morgan fingerprint density at radius 2 is 2.00 bits per heavy atom. The molecule has 3 unspecified atom stereocenters. The van der Waals surface area contributed by atoms with Crippen molar-refractivity contribution >= 4 is 15.9 Å². The summed E-state index contributed by atoms with van der Waals surface area (Å²) in [6.45, 7) is 2.35. The molecule has 2 nitrogen and oxygen atoms in total. The number of nitrogens with one attached hydrogen (secondary N) is 1. The molecule has 1 N–H and O–H groups in total. The van der Waals surface area contributed by atoms with Gasteiger partial charge in [-0.15, -0.1) is 0 Å². The van der Waals surface area contributed by atoms with Gasteiger partial charge in [0.15, 0.2) is 0 Å². The van der Waals surface area contributed by atoms with E-state index in [1.165, 1.54) is 48.7 Å². The smallest absolute Gasteiger partial charge is 0.0178 e. The Morgan fingerprint density at radius 3 is 2.71 bits per heavy atom. The van der Waals surface area contributed by atoms with Crippen LogP contribution in [0.15, 0.2) is 28.7 Å². The zero-order valence-electron chi connectivity index (χ0n) is 12.8. The van der Waals surface area contributed by atoms with E-state index in [2.05, 4.69) is 57.5 Å². The van der Waals surface area contributed by atoms with E-state index >= 15 is 0 Å². The highest BCUT2D eigenvalue weighted by Gasteiger charge is 2.51. The molecule has 2 bridgehead atoms. The number of piperidine rings is 2. The number of hydrogen-bond acceptors (Lipinski definition) is 2. The van der Waals surface area contributed by atoms with E-state index in [1.54, 1.807) is 0 Å². The fraction of sp³-hybridized carbons (Fsp3) is 0.667. The molecule has 0 amide bonds. The number of fused-ring (bicyclic) bond motifs is 2. The quantitative estimate of drug-likeness (QED) is 0.830. The summed E-state index contributed by atoms with van der Waals surface area (Å²) in [7, 11) is 2.35. The Hall–Kier alpha value is -0.380. The van der Waals surface area contributed by atoms with Gasteiger partial charge in [0, 0.05) is 29.0 Å². The van der Waals surface area contributed by atoms with E-state index in [1.807, 2.05) is 0 Å². The molecular formula is C18H25BrN2. The Balaban J connectivity index is 1.69. The molecule has 1 spiro atoms. The molecule has 0 radical (unpaired) electrons. The third kappa shape index (κ3) is 2.38. The van der Waals surface area contributed by atoms with Crippen LogP contribution in [0.5, 0.6) is 0 Å². The monoisotopic (exact) mass is 348 g/mol. The molecule has 3 saturated heterocycles. The van der Waals surface area contributed by atoms with Gasteiger partial charge < -0.3 is 10.2 Å². The van der Waals surface area contributed by atoms with Crippen molar-refractivity contribution in [2.45, 2.75) is 50.1 Å². The van der Waals surface area contributed by atoms with Crippen LogP contribution < -0.4 is 5.32 Å². The van der Waals surface area contributed by atoms with Crippen molar-refractivity contribution in [1.29, 1.82) is 0 Å². The summed E-state index contributed by atoms with van der Waals surface area (Å²) in [5.41, 5.74) is 2.06. The minimum absolute atomic E-state index is 0.532. The largest absolute Gasteiger partial charge is 0.316 e. The van der Waals surface area contributed by atoms with Gasteiger partial charge in [-0.3, -0.25) is 0 Å². The molecule has 0 saturated carbocycles. The number of nitrogens with zero attached hydrogens (tertiary/aromatic N) is 1. The first-order valence-corrected chi connectivity index (χ1v) is 9.15. The van der Waals surface area contributed by atoms with Crippen LogP contribution in [0.1, 0.15) is 43.6 Å². The maximum atomic E-state index is 3.66. The number of rotatable bonds is 1. The summed E-state index contributed by atoms with van der Waals surface area (Å²) in [5.74, 6) is 0.681. The van der Waals surface area contributed by atoms with E-state index in [0.29, 0.717) is 11.3 Å². The maximum absolute atomic E-state index is 3.66. The molecular weight excluding hydrogens is 324 g/mol. The van der Waals surface area contributed by atoms with Crippen molar-refractivity contribution in [2.24, 2.45) is 5.41 Å². The molecule has 3 aliphatic heterocycles. The van der Waals surface area contributed by atoms with Crippen LogP contribution >= 0.6 is 15.9 Å². The summed E-state index contributed by atoms with van der Waals surface area (Å²) in [6.07, 6.45) is 6.99. The van der Waals surface area contributed by atoms with E-state index in [0.717, 1.165) is 18.6 Å². The van der Waals surface area contributed by atoms with Crippen molar-refractivity contribution in [2.75, 3.05) is 20.1 Å². The maximum Gasteiger partial charge on any atom is 0.0178 e. The van der Waals surface area contributed by atoms with Crippen molar-refractivity contribution in [1.82, 2.24) is 10.2 Å². The molecule has 4 rings (SSSR count). The fourth-order valence-corrected chi connectivity index (χ4v) is 5.68. The summed E-state index contributed by atoms with van der Waals surface area (Å²) in [6, 6.07) is 10.7. The van der Waals surface area contributed by atoms with E-state index in [9.17, 15) is 0 Å². The van der Waals surface area contributed by atoms with Crippen LogP contribution in [0, 0.1) is 5.41 Å². The third-order valence-corrected chi connectivity index (χ3v) is 6.90. The molecule has 1 aromatic rings. The van der Waals surface area contributed by atoms with Crippen molar-refractivity contribution in [3.8, 4) is 0 Å². The van der Waals surface area contributed by atoms with E-state index < -0.39 is 0 Å². The second kappa shape index (κ2) is 5.36. The highest BCUT2D eigenvalue weighted by atomic mass is 79.9. The molecule has 0 aromatic heterocycles. The molecule has 0 aliphatic carbocycles. The first-order chi connectivity index (χ1) is 10.2. The van der Waals surface area contributed by atoms with Crippen molar-refractivity contribution in [3.63, 3.8) is 0 Å². The molecule has 21 heavy (non-hydrogen) atoms. The number of hydrogen-bond donors (Lipinski definition) is 1. The minimum Gasteiger partial charge on any atom is -0.316 e. The standard InChI is InChI=1S/C18H25BrN2/c1-21-15-5-6-16(21)11-18(10-15)7-8-20-12-17(18)13-3-2-4-14(19)9-13/h2-4,9,15-17,20H,5-8,10-12H2,1H3. The lowest BCUT2D eigenvalue weighted by atomic mass is 9.61. The molecule has 3 atom stereocenters. The van der Waals surface area contributed by atoms with E-state index in [4.69, 9.17) is 0 Å². The van der Waals surface area contributed by atoms with Crippen LogP contribution in [0.3, 0.4) is 0 Å². The Morgan fingerprint density at radius 1 is 1.24 bits per heavy atom. The van der Waals surface area contributed by atoms with Crippen molar-refractivity contribution < 1.29 is 0 Å². The Labute approximate surface area is 136 Å². The van der Waals surface area contributed by atoms with Gasteiger partial charge in [0.05, 0.1) is 0 Å². The van der Waals surface area contributed by atoms with Gasteiger partial charge in [-0.05, 0) is 68.8 Å². The molecule has 3 fully saturated rings. The average molecular weight is 349 g/mol. The second-order valence-electron chi connectivity index (χ2n) is 7.38. The van der Waals surface area contributed by atoms with Gasteiger partial charge in [-0.2, -0.15) is 0 Å². The normalized spacial score (nSPS) is 39.8. The van der Waals surface area contributed by atoms with Gasteiger partial charge in [-0.25, -0.2) is 0 Å². The topological polar surface area (TPSA) is 15.3 Å². The molecule has 3 aliphatic rings. The average Bonchev–Trinajstić information content (AvgIpc) is 2.71. The summed E-state index contributed by atoms with van der Waals surface area (Å²) < 4.78 is 1.22. The summed E-state index contributed by atoms with van der Waals surface area (Å²) in [4.78, 5) is 2.67. The van der Waals surface area contributed by atoms with Crippen LogP contribution in [0.25, 0.3) is 0 Å². The predicted molar refractivity (Wildman–Crippen MR) is 90.6 cm³/mol. The Bertz CT molecular complexity index is 516. The summed E-state index contributed by atoms with van der Waals surface area (Å²) in [5, 5.41) is 3.66. The third-order valence-electron chi connectivity index (χ3n) is 6.41. The zero-order chi connectivity index (χ0) is 14.4. The molecule has 3 heterocycles. The minimum atomic E-state index is 0.532. The second-order valence-corrected chi connectivity index (χ2v) is 8.30. The van der Waals surface area contributed by atoms with Crippen LogP contribution in [-0.2, 0) is 0 Å². The highest BCUT2D eigenvalue weighted by Crippen LogP contribution is 2.55. The Kier molecular flexibility index (Phi) is 3.63. The van der Waals surface area contributed by atoms with Gasteiger partial charge >= 0.3 is 0 Å². The molecule has 114 valence electrons. The molecule has 1 aromatic carbocycles. The number of halogens is 1. The van der Waals surface area contributed by atoms with Gasteiger partial charge in [-0.1, -0.05) is 28.1 Å². The lowest BCUT2D eigenvalue weighted by Crippen LogP contribution is -2.53. The zero-order valence-corrected chi connectivity index (χ0v) is 14.4. The van der Waals surface area contributed by atoms with Gasteiger partial charge in [0.25, 0.3) is 0 Å². The van der Waals surface area contributed by atoms with Gasteiger partial charge in [0.2, 0.25) is 0 Å². The fourth-order valence-electron chi connectivity index (χ4n) is 5.26. The van der Waals surface area contributed by atoms with Crippen LogP contribution in [0.4, 0.5) is 0 Å². The SMILES string of the molecule is CN1C2CCC1CC1(CCNCC1c1cccc(Br)c1)C2. The molecule has 3 heteroatoms. The highest BCUT2D eigenvalue weighted by molar-refractivity contribution is 9.10. The van der Waals surface area contributed by atoms with Crippen LogP contribution in [-0.4, -0.2) is 37.1 Å². The summed E-state index contributed by atoms with van der Waals surface area (Å²) >= 11 is 3.66. The lowest BCUT2D eigenvalue weighted by molar-refractivity contribution is 0.0196. The van der Waals surface area contributed by atoms with E-state index in [-0.39, 0.29) is 0 Å². The van der Waals surface area contributed by atoms with Crippen LogP contribution in [0.2, 0.25) is 0 Å².